The Morgan fingerprint density at radius 1 is 1.12 bits per heavy atom. The Morgan fingerprint density at radius 2 is 1.84 bits per heavy atom. The minimum Gasteiger partial charge on any atom is -0.339 e. The van der Waals surface area contributed by atoms with Gasteiger partial charge in [0.15, 0.2) is 0 Å². The van der Waals surface area contributed by atoms with E-state index in [4.69, 9.17) is 27.7 Å². The smallest absolute Gasteiger partial charge is 0.227 e. The van der Waals surface area contributed by atoms with Crippen molar-refractivity contribution < 1.29 is 9.32 Å². The van der Waals surface area contributed by atoms with Crippen LogP contribution in [0.25, 0.3) is 11.4 Å². The molecule has 3 rings (SSSR count). The molecule has 0 bridgehead atoms. The molecule has 0 atom stereocenters. The normalized spacial score (nSPS) is 10.7. The minimum atomic E-state index is -0.128. The molecule has 1 N–H and O–H groups in total. The number of anilines is 1. The van der Waals surface area contributed by atoms with E-state index < -0.39 is 0 Å². The van der Waals surface area contributed by atoms with Crippen LogP contribution in [-0.2, 0) is 11.2 Å². The van der Waals surface area contributed by atoms with Gasteiger partial charge in [-0.25, -0.2) is 0 Å². The molecule has 1 aromatic heterocycles. The molecule has 25 heavy (non-hydrogen) atoms. The quantitative estimate of drug-likeness (QED) is 0.686. The fourth-order valence-corrected chi connectivity index (χ4v) is 2.63. The molecule has 128 valence electrons. The molecule has 0 saturated carbocycles. The Kier molecular flexibility index (Phi) is 5.36. The third-order valence-corrected chi connectivity index (χ3v) is 4.09. The molecule has 0 unspecified atom stereocenters. The fourth-order valence-electron chi connectivity index (χ4n) is 2.27. The van der Waals surface area contributed by atoms with Crippen LogP contribution < -0.4 is 5.32 Å². The zero-order chi connectivity index (χ0) is 17.8. The van der Waals surface area contributed by atoms with Crippen molar-refractivity contribution in [2.24, 2.45) is 0 Å². The molecular formula is C18H15Cl2N3O2. The number of nitrogens with one attached hydrogen (secondary N) is 1. The molecule has 0 radical (unpaired) electrons. The van der Waals surface area contributed by atoms with E-state index in [0.717, 1.165) is 16.8 Å². The summed E-state index contributed by atoms with van der Waals surface area (Å²) in [6.45, 7) is 1.89. The second kappa shape index (κ2) is 7.68. The van der Waals surface area contributed by atoms with Gasteiger partial charge in [0.2, 0.25) is 17.6 Å². The lowest BCUT2D eigenvalue weighted by Crippen LogP contribution is -2.13. The molecule has 0 aliphatic carbocycles. The predicted molar refractivity (Wildman–Crippen MR) is 97.9 cm³/mol. The van der Waals surface area contributed by atoms with Crippen molar-refractivity contribution in [3.63, 3.8) is 0 Å². The van der Waals surface area contributed by atoms with E-state index in [1.165, 1.54) is 0 Å². The van der Waals surface area contributed by atoms with Crippen LogP contribution in [0, 0.1) is 6.92 Å². The largest absolute Gasteiger partial charge is 0.339 e. The second-order valence-electron chi connectivity index (χ2n) is 5.53. The van der Waals surface area contributed by atoms with Crippen molar-refractivity contribution in [1.82, 2.24) is 10.1 Å². The van der Waals surface area contributed by atoms with Gasteiger partial charge >= 0.3 is 0 Å². The molecule has 2 aromatic carbocycles. The number of halogens is 2. The number of hydrogen-bond acceptors (Lipinski definition) is 4. The average molecular weight is 376 g/mol. The van der Waals surface area contributed by atoms with E-state index in [1.54, 1.807) is 30.3 Å². The Labute approximate surface area is 155 Å². The van der Waals surface area contributed by atoms with E-state index in [2.05, 4.69) is 15.5 Å². The zero-order valence-corrected chi connectivity index (χ0v) is 14.9. The second-order valence-corrected chi connectivity index (χ2v) is 6.40. The average Bonchev–Trinajstić information content (AvgIpc) is 3.05. The van der Waals surface area contributed by atoms with E-state index in [9.17, 15) is 4.79 Å². The molecule has 7 heteroatoms. The van der Waals surface area contributed by atoms with Crippen LogP contribution in [0.15, 0.2) is 47.0 Å². The summed E-state index contributed by atoms with van der Waals surface area (Å²) in [5.74, 6) is 0.755. The van der Waals surface area contributed by atoms with E-state index in [1.807, 2.05) is 19.1 Å². The first-order valence-corrected chi connectivity index (χ1v) is 8.41. The van der Waals surface area contributed by atoms with Gasteiger partial charge in [0.05, 0.1) is 0 Å². The summed E-state index contributed by atoms with van der Waals surface area (Å²) in [5, 5.41) is 8.05. The first-order valence-electron chi connectivity index (χ1n) is 7.66. The maximum Gasteiger partial charge on any atom is 0.227 e. The standard InChI is InChI=1S/C18H15Cl2N3O2/c1-11-10-14(20)6-7-15(11)21-16(24)8-9-17-22-18(23-25-17)12-2-4-13(19)5-3-12/h2-7,10H,8-9H2,1H3,(H,21,24). The van der Waals surface area contributed by atoms with Gasteiger partial charge in [0.25, 0.3) is 0 Å². The highest BCUT2D eigenvalue weighted by molar-refractivity contribution is 6.31. The van der Waals surface area contributed by atoms with Gasteiger partial charge in [-0.3, -0.25) is 4.79 Å². The maximum atomic E-state index is 12.1. The van der Waals surface area contributed by atoms with Gasteiger partial charge in [-0.05, 0) is 55.0 Å². The molecule has 1 heterocycles. The third-order valence-electron chi connectivity index (χ3n) is 3.60. The van der Waals surface area contributed by atoms with Gasteiger partial charge in [0, 0.05) is 34.1 Å². The summed E-state index contributed by atoms with van der Waals surface area (Å²) < 4.78 is 5.20. The number of benzene rings is 2. The number of aryl methyl sites for hydroxylation is 2. The minimum absolute atomic E-state index is 0.128. The first-order chi connectivity index (χ1) is 12.0. The van der Waals surface area contributed by atoms with Crippen LogP contribution in [-0.4, -0.2) is 16.0 Å². The molecule has 0 spiro atoms. The van der Waals surface area contributed by atoms with Crippen LogP contribution in [0.5, 0.6) is 0 Å². The molecule has 3 aromatic rings. The Balaban J connectivity index is 1.58. The summed E-state index contributed by atoms with van der Waals surface area (Å²) in [6, 6.07) is 12.5. The topological polar surface area (TPSA) is 68.0 Å². The zero-order valence-electron chi connectivity index (χ0n) is 13.4. The molecular weight excluding hydrogens is 361 g/mol. The van der Waals surface area contributed by atoms with Gasteiger partial charge in [-0.1, -0.05) is 28.4 Å². The Morgan fingerprint density at radius 3 is 2.56 bits per heavy atom. The number of carbonyl (C=O) groups excluding carboxylic acids is 1. The van der Waals surface area contributed by atoms with Crippen molar-refractivity contribution in [3.05, 3.63) is 64.0 Å². The van der Waals surface area contributed by atoms with Crippen molar-refractivity contribution >= 4 is 34.8 Å². The number of carbonyl (C=O) groups is 1. The molecule has 0 aliphatic heterocycles. The molecule has 0 aliphatic rings. The van der Waals surface area contributed by atoms with Crippen molar-refractivity contribution in [2.45, 2.75) is 19.8 Å². The number of nitrogens with zero attached hydrogens (tertiary/aromatic N) is 2. The van der Waals surface area contributed by atoms with Gasteiger partial charge < -0.3 is 9.84 Å². The van der Waals surface area contributed by atoms with Crippen LogP contribution in [0.2, 0.25) is 10.0 Å². The fraction of sp³-hybridized carbons (Fsp3) is 0.167. The summed E-state index contributed by atoms with van der Waals surface area (Å²) in [6.07, 6.45) is 0.601. The number of aromatic nitrogens is 2. The highest BCUT2D eigenvalue weighted by Gasteiger charge is 2.11. The van der Waals surface area contributed by atoms with Gasteiger partial charge in [-0.2, -0.15) is 4.98 Å². The Hall–Kier alpha value is -2.37. The molecule has 0 fully saturated rings. The number of hydrogen-bond donors (Lipinski definition) is 1. The summed E-state index contributed by atoms with van der Waals surface area (Å²) in [5.41, 5.74) is 2.45. The third kappa shape index (κ3) is 4.59. The first kappa shape index (κ1) is 17.5. The lowest BCUT2D eigenvalue weighted by Gasteiger charge is -2.07. The molecule has 0 saturated heterocycles. The number of rotatable bonds is 5. The molecule has 1 amide bonds. The van der Waals surface area contributed by atoms with Crippen molar-refractivity contribution in [3.8, 4) is 11.4 Å². The van der Waals surface area contributed by atoms with Crippen LogP contribution in [0.4, 0.5) is 5.69 Å². The van der Waals surface area contributed by atoms with Crippen LogP contribution >= 0.6 is 23.2 Å². The summed E-state index contributed by atoms with van der Waals surface area (Å²) >= 11 is 11.8. The highest BCUT2D eigenvalue weighted by Crippen LogP contribution is 2.21. The van der Waals surface area contributed by atoms with Gasteiger partial charge in [-0.15, -0.1) is 0 Å². The highest BCUT2D eigenvalue weighted by atomic mass is 35.5. The number of amides is 1. The van der Waals surface area contributed by atoms with E-state index in [0.29, 0.717) is 28.2 Å². The summed E-state index contributed by atoms with van der Waals surface area (Å²) in [7, 11) is 0. The summed E-state index contributed by atoms with van der Waals surface area (Å²) in [4.78, 5) is 16.4. The maximum absolute atomic E-state index is 12.1. The van der Waals surface area contributed by atoms with Crippen molar-refractivity contribution in [2.75, 3.05) is 5.32 Å². The Bertz CT molecular complexity index is 892. The lowest BCUT2D eigenvalue weighted by atomic mass is 10.2. The predicted octanol–water partition coefficient (Wildman–Crippen LogP) is 4.92. The monoisotopic (exact) mass is 375 g/mol. The van der Waals surface area contributed by atoms with Crippen LogP contribution in [0.3, 0.4) is 0 Å². The van der Waals surface area contributed by atoms with Gasteiger partial charge in [0.1, 0.15) is 0 Å². The SMILES string of the molecule is Cc1cc(Cl)ccc1NC(=O)CCc1nc(-c2ccc(Cl)cc2)no1. The van der Waals surface area contributed by atoms with E-state index in [-0.39, 0.29) is 12.3 Å². The molecule has 5 nitrogen and oxygen atoms in total. The lowest BCUT2D eigenvalue weighted by molar-refractivity contribution is -0.116. The van der Waals surface area contributed by atoms with Crippen molar-refractivity contribution in [1.29, 1.82) is 0 Å². The van der Waals surface area contributed by atoms with Crippen LogP contribution in [0.1, 0.15) is 17.9 Å². The van der Waals surface area contributed by atoms with E-state index >= 15 is 0 Å².